The zero-order chi connectivity index (χ0) is 18.9. The molecule has 2 amide bonds. The summed E-state index contributed by atoms with van der Waals surface area (Å²) in [6, 6.07) is 12.4. The number of anilines is 2. The first-order valence-corrected chi connectivity index (χ1v) is 8.15. The molecule has 0 aromatic heterocycles. The number of hydrogen-bond donors (Lipinski definition) is 3. The summed E-state index contributed by atoms with van der Waals surface area (Å²) in [5.74, 6) is 0.563. The van der Waals surface area contributed by atoms with Crippen LogP contribution in [0.3, 0.4) is 0 Å². The molecule has 0 spiro atoms. The van der Waals surface area contributed by atoms with Crippen LogP contribution in [0.2, 0.25) is 0 Å². The average molecular weight is 357 g/mol. The van der Waals surface area contributed by atoms with Gasteiger partial charge in [-0.05, 0) is 18.1 Å². The highest BCUT2D eigenvalue weighted by Crippen LogP contribution is 2.25. The third kappa shape index (κ3) is 5.70. The Kier molecular flexibility index (Phi) is 6.84. The van der Waals surface area contributed by atoms with E-state index in [0.29, 0.717) is 29.3 Å². The summed E-state index contributed by atoms with van der Waals surface area (Å²) in [5, 5.41) is 5.29. The second-order valence-electron chi connectivity index (χ2n) is 5.63. The molecule has 138 valence electrons. The number of aryl methyl sites for hydroxylation is 1. The van der Waals surface area contributed by atoms with E-state index in [4.69, 9.17) is 15.2 Å². The van der Waals surface area contributed by atoms with E-state index >= 15 is 0 Å². The van der Waals surface area contributed by atoms with Crippen LogP contribution in [0.25, 0.3) is 0 Å². The first-order valence-electron chi connectivity index (χ1n) is 8.15. The van der Waals surface area contributed by atoms with Crippen LogP contribution in [0.5, 0.6) is 11.5 Å². The number of nitrogens with two attached hydrogens (primary N) is 1. The van der Waals surface area contributed by atoms with Crippen LogP contribution in [-0.2, 0) is 16.0 Å². The SMILES string of the molecule is COc1cc(NC(=O)CNC(=O)CCc2ccccc2N)cc(OC)c1. The summed E-state index contributed by atoms with van der Waals surface area (Å²) in [4.78, 5) is 23.9. The predicted octanol–water partition coefficient (Wildman–Crippen LogP) is 1.97. The standard InChI is InChI=1S/C19H23N3O4/c1-25-15-9-14(10-16(11-15)26-2)22-19(24)12-21-18(23)8-7-13-5-3-4-6-17(13)20/h3-6,9-11H,7-8,12,20H2,1-2H3,(H,21,23)(H,22,24). The predicted molar refractivity (Wildman–Crippen MR) is 100 cm³/mol. The van der Waals surface area contributed by atoms with Crippen molar-refractivity contribution in [1.29, 1.82) is 0 Å². The number of ether oxygens (including phenoxy) is 2. The van der Waals surface area contributed by atoms with Crippen molar-refractivity contribution >= 4 is 23.2 Å². The molecule has 0 heterocycles. The molecular formula is C19H23N3O4. The highest BCUT2D eigenvalue weighted by Gasteiger charge is 2.09. The van der Waals surface area contributed by atoms with Crippen molar-refractivity contribution in [1.82, 2.24) is 5.32 Å². The first-order chi connectivity index (χ1) is 12.5. The molecule has 0 radical (unpaired) electrons. The Morgan fingerprint density at radius 2 is 1.65 bits per heavy atom. The smallest absolute Gasteiger partial charge is 0.243 e. The van der Waals surface area contributed by atoms with Crippen LogP contribution in [-0.4, -0.2) is 32.6 Å². The van der Waals surface area contributed by atoms with Crippen molar-refractivity contribution < 1.29 is 19.1 Å². The Hall–Kier alpha value is -3.22. The molecule has 0 saturated carbocycles. The number of rotatable bonds is 8. The maximum Gasteiger partial charge on any atom is 0.243 e. The van der Waals surface area contributed by atoms with Crippen molar-refractivity contribution in [2.24, 2.45) is 0 Å². The summed E-state index contributed by atoms with van der Waals surface area (Å²) in [5.41, 5.74) is 7.94. The summed E-state index contributed by atoms with van der Waals surface area (Å²) in [6.07, 6.45) is 0.779. The van der Waals surface area contributed by atoms with Crippen LogP contribution >= 0.6 is 0 Å². The fourth-order valence-electron chi connectivity index (χ4n) is 2.36. The summed E-state index contributed by atoms with van der Waals surface area (Å²) < 4.78 is 10.3. The molecular weight excluding hydrogens is 334 g/mol. The Morgan fingerprint density at radius 3 is 2.27 bits per heavy atom. The Morgan fingerprint density at radius 1 is 1.00 bits per heavy atom. The molecule has 0 aliphatic heterocycles. The van der Waals surface area contributed by atoms with E-state index in [1.165, 1.54) is 14.2 Å². The number of amides is 2. The lowest BCUT2D eigenvalue weighted by Gasteiger charge is -2.10. The molecule has 0 aliphatic rings. The van der Waals surface area contributed by atoms with E-state index in [0.717, 1.165) is 5.56 Å². The van der Waals surface area contributed by atoms with Gasteiger partial charge in [-0.2, -0.15) is 0 Å². The maximum atomic E-state index is 12.0. The minimum atomic E-state index is -0.340. The van der Waals surface area contributed by atoms with Gasteiger partial charge in [-0.15, -0.1) is 0 Å². The van der Waals surface area contributed by atoms with Crippen molar-refractivity contribution in [3.8, 4) is 11.5 Å². The van der Waals surface area contributed by atoms with Crippen molar-refractivity contribution in [2.45, 2.75) is 12.8 Å². The van der Waals surface area contributed by atoms with Crippen LogP contribution in [0.4, 0.5) is 11.4 Å². The monoisotopic (exact) mass is 357 g/mol. The van der Waals surface area contributed by atoms with Gasteiger partial charge in [0.25, 0.3) is 0 Å². The van der Waals surface area contributed by atoms with Gasteiger partial charge in [0.15, 0.2) is 0 Å². The topological polar surface area (TPSA) is 103 Å². The lowest BCUT2D eigenvalue weighted by atomic mass is 10.1. The number of methoxy groups -OCH3 is 2. The van der Waals surface area contributed by atoms with E-state index in [1.807, 2.05) is 18.2 Å². The van der Waals surface area contributed by atoms with E-state index in [2.05, 4.69) is 10.6 Å². The quantitative estimate of drug-likeness (QED) is 0.627. The molecule has 7 nitrogen and oxygen atoms in total. The van der Waals surface area contributed by atoms with Gasteiger partial charge in [0.05, 0.1) is 20.8 Å². The first kappa shape index (κ1) is 19.1. The van der Waals surface area contributed by atoms with Gasteiger partial charge in [-0.3, -0.25) is 9.59 Å². The number of nitrogens with one attached hydrogen (secondary N) is 2. The van der Waals surface area contributed by atoms with Crippen LogP contribution in [0.1, 0.15) is 12.0 Å². The number of nitrogen functional groups attached to an aromatic ring is 1. The van der Waals surface area contributed by atoms with E-state index in [-0.39, 0.29) is 24.8 Å². The molecule has 26 heavy (non-hydrogen) atoms. The minimum Gasteiger partial charge on any atom is -0.497 e. The molecule has 4 N–H and O–H groups in total. The lowest BCUT2D eigenvalue weighted by molar-refractivity contribution is -0.124. The average Bonchev–Trinajstić information content (AvgIpc) is 2.65. The second kappa shape index (κ2) is 9.31. The zero-order valence-electron chi connectivity index (χ0n) is 14.9. The summed E-state index contributed by atoms with van der Waals surface area (Å²) >= 11 is 0. The number of hydrogen-bond acceptors (Lipinski definition) is 5. The number of carbonyl (C=O) groups excluding carboxylic acids is 2. The molecule has 0 fully saturated rings. The van der Waals surface area contributed by atoms with Gasteiger partial charge >= 0.3 is 0 Å². The molecule has 2 aromatic carbocycles. The molecule has 0 aliphatic carbocycles. The van der Waals surface area contributed by atoms with E-state index in [9.17, 15) is 9.59 Å². The van der Waals surface area contributed by atoms with Gasteiger partial charge in [0.2, 0.25) is 11.8 Å². The number of benzene rings is 2. The van der Waals surface area contributed by atoms with E-state index in [1.54, 1.807) is 24.3 Å². The minimum absolute atomic E-state index is 0.122. The summed E-state index contributed by atoms with van der Waals surface area (Å²) in [6.45, 7) is -0.122. The molecule has 0 saturated heterocycles. The molecule has 2 aromatic rings. The van der Waals surface area contributed by atoms with Crippen molar-refractivity contribution in [3.05, 3.63) is 48.0 Å². The third-order valence-electron chi connectivity index (χ3n) is 3.76. The van der Waals surface area contributed by atoms with Crippen molar-refractivity contribution in [3.63, 3.8) is 0 Å². The third-order valence-corrected chi connectivity index (χ3v) is 3.76. The molecule has 7 heteroatoms. The van der Waals surface area contributed by atoms with E-state index < -0.39 is 0 Å². The zero-order valence-corrected chi connectivity index (χ0v) is 14.9. The van der Waals surface area contributed by atoms with Gasteiger partial charge in [-0.1, -0.05) is 18.2 Å². The molecule has 0 unspecified atom stereocenters. The summed E-state index contributed by atoms with van der Waals surface area (Å²) in [7, 11) is 3.06. The highest BCUT2D eigenvalue weighted by molar-refractivity contribution is 5.94. The van der Waals surface area contributed by atoms with Gasteiger partial charge in [0.1, 0.15) is 11.5 Å². The van der Waals surface area contributed by atoms with Crippen LogP contribution < -0.4 is 25.8 Å². The van der Waals surface area contributed by atoms with Crippen LogP contribution in [0.15, 0.2) is 42.5 Å². The molecule has 0 bridgehead atoms. The Bertz CT molecular complexity index is 755. The Balaban J connectivity index is 1.81. The lowest BCUT2D eigenvalue weighted by Crippen LogP contribution is -2.33. The fraction of sp³-hybridized carbons (Fsp3) is 0.263. The van der Waals surface area contributed by atoms with Crippen LogP contribution in [0, 0.1) is 0 Å². The highest BCUT2D eigenvalue weighted by atomic mass is 16.5. The van der Waals surface area contributed by atoms with Crippen molar-refractivity contribution in [2.75, 3.05) is 31.8 Å². The second-order valence-corrected chi connectivity index (χ2v) is 5.63. The van der Waals surface area contributed by atoms with Gasteiger partial charge < -0.3 is 25.8 Å². The molecule has 0 atom stereocenters. The van der Waals surface area contributed by atoms with Gasteiger partial charge in [0, 0.05) is 36.0 Å². The number of carbonyl (C=O) groups is 2. The largest absolute Gasteiger partial charge is 0.497 e. The fourth-order valence-corrected chi connectivity index (χ4v) is 2.36. The van der Waals surface area contributed by atoms with Gasteiger partial charge in [-0.25, -0.2) is 0 Å². The maximum absolute atomic E-state index is 12.0. The number of para-hydroxylation sites is 1. The molecule has 2 rings (SSSR count). The normalized spacial score (nSPS) is 10.1. The Labute approximate surface area is 152 Å².